The SMILES string of the molecule is CC(C)(C)C[N-]c1ccc2ccn(-c3ccccc3)c2n1.CC(C)(C)C[N-]c1ccc2ccn(-c3ccccc3)c2n1.[CH3-].[CH3-].[Hf+4]. The normalized spacial score (nSPS) is 11.0. The molecule has 0 fully saturated rings. The van der Waals surface area contributed by atoms with Crippen molar-refractivity contribution < 1.29 is 25.8 Å². The first-order valence-corrected chi connectivity index (χ1v) is 14.5. The van der Waals surface area contributed by atoms with Crippen LogP contribution in [0, 0.1) is 25.7 Å². The molecule has 0 bridgehead atoms. The quantitative estimate of drug-likeness (QED) is 0.125. The average molecular weight is 765 g/mol. The van der Waals surface area contributed by atoms with Crippen LogP contribution in [0.25, 0.3) is 44.1 Å². The smallest absolute Gasteiger partial charge is 0.465 e. The Morgan fingerprint density at radius 1 is 0.511 bits per heavy atom. The molecule has 232 valence electrons. The fourth-order valence-corrected chi connectivity index (χ4v) is 4.40. The molecule has 2 aromatic carbocycles. The largest absolute Gasteiger partial charge is 4.00 e. The Labute approximate surface area is 289 Å². The summed E-state index contributed by atoms with van der Waals surface area (Å²) in [6.45, 7) is 14.6. The van der Waals surface area contributed by atoms with E-state index in [-0.39, 0.29) is 51.5 Å². The molecule has 7 heteroatoms. The molecule has 0 N–H and O–H groups in total. The molecule has 4 aromatic heterocycles. The summed E-state index contributed by atoms with van der Waals surface area (Å²) < 4.78 is 4.21. The molecular weight excluding hydrogens is 719 g/mol. The summed E-state index contributed by atoms with van der Waals surface area (Å²) in [6, 6.07) is 32.8. The molecule has 0 radical (unpaired) electrons. The van der Waals surface area contributed by atoms with Crippen LogP contribution in [0.3, 0.4) is 0 Å². The third-order valence-electron chi connectivity index (χ3n) is 6.54. The van der Waals surface area contributed by atoms with Gasteiger partial charge in [-0.3, -0.25) is 0 Å². The Morgan fingerprint density at radius 3 is 1.20 bits per heavy atom. The molecule has 0 aliphatic rings. The van der Waals surface area contributed by atoms with E-state index in [1.165, 1.54) is 0 Å². The molecule has 6 rings (SSSR count). The van der Waals surface area contributed by atoms with Gasteiger partial charge in [0.15, 0.2) is 0 Å². The number of benzene rings is 2. The summed E-state index contributed by atoms with van der Waals surface area (Å²) in [6.07, 6.45) is 4.11. The summed E-state index contributed by atoms with van der Waals surface area (Å²) in [5, 5.41) is 11.5. The van der Waals surface area contributed by atoms with Crippen molar-refractivity contribution in [2.75, 3.05) is 13.1 Å². The minimum atomic E-state index is 0. The molecule has 0 aliphatic heterocycles. The summed E-state index contributed by atoms with van der Waals surface area (Å²) in [5.74, 6) is 1.60. The molecule has 0 aliphatic carbocycles. The van der Waals surface area contributed by atoms with Crippen molar-refractivity contribution in [3.05, 3.63) is 135 Å². The molecule has 0 amide bonds. The van der Waals surface area contributed by atoms with E-state index >= 15 is 0 Å². The summed E-state index contributed by atoms with van der Waals surface area (Å²) >= 11 is 0. The van der Waals surface area contributed by atoms with E-state index in [0.29, 0.717) is 0 Å². The average Bonchev–Trinajstić information content (AvgIpc) is 3.59. The zero-order valence-corrected chi connectivity index (χ0v) is 31.6. The molecule has 0 unspecified atom stereocenters. The Balaban J connectivity index is 0.000000294. The van der Waals surface area contributed by atoms with Gasteiger partial charge in [-0.05, 0) is 71.1 Å². The van der Waals surface area contributed by atoms with Gasteiger partial charge < -0.3 is 44.6 Å². The van der Waals surface area contributed by atoms with Gasteiger partial charge in [0.1, 0.15) is 0 Å². The number of aromatic nitrogens is 4. The summed E-state index contributed by atoms with van der Waals surface area (Å²) in [7, 11) is 0. The van der Waals surface area contributed by atoms with E-state index in [9.17, 15) is 0 Å². The van der Waals surface area contributed by atoms with Crippen molar-refractivity contribution in [2.45, 2.75) is 41.5 Å². The maximum Gasteiger partial charge on any atom is 4.00 e. The fourth-order valence-electron chi connectivity index (χ4n) is 4.40. The van der Waals surface area contributed by atoms with E-state index in [0.717, 1.165) is 58.2 Å². The predicted molar refractivity (Wildman–Crippen MR) is 190 cm³/mol. The van der Waals surface area contributed by atoms with Gasteiger partial charge in [0.2, 0.25) is 0 Å². The van der Waals surface area contributed by atoms with Crippen LogP contribution < -0.4 is 0 Å². The molecule has 0 atom stereocenters. The van der Waals surface area contributed by atoms with E-state index < -0.39 is 0 Å². The third-order valence-corrected chi connectivity index (χ3v) is 6.54. The predicted octanol–water partition coefficient (Wildman–Crippen LogP) is 11.1. The standard InChI is InChI=1S/2C18H20N3.2CH3.Hf/c2*1-18(2,3)13-19-16-10-9-14-11-12-21(17(14)20-16)15-7-5-4-6-8-15;;;/h2*4-12H,13H2,1-3H3;2*1H3;/q4*-1;+4. The van der Waals surface area contributed by atoms with Gasteiger partial charge in [0.05, 0.1) is 0 Å². The maximum atomic E-state index is 4.71. The molecule has 0 saturated carbocycles. The molecular formula is C38H46HfN6. The van der Waals surface area contributed by atoms with Crippen LogP contribution in [-0.2, 0) is 25.8 Å². The van der Waals surface area contributed by atoms with Crippen LogP contribution in [0.5, 0.6) is 0 Å². The molecule has 0 spiro atoms. The number of rotatable bonds is 6. The Hall–Kier alpha value is -3.71. The van der Waals surface area contributed by atoms with E-state index in [1.807, 2.05) is 48.5 Å². The third kappa shape index (κ3) is 10.1. The van der Waals surface area contributed by atoms with E-state index in [4.69, 9.17) is 9.97 Å². The van der Waals surface area contributed by atoms with Gasteiger partial charge in [-0.2, -0.15) is 0 Å². The number of fused-ring (bicyclic) bond motifs is 2. The molecule has 6 nitrogen and oxygen atoms in total. The minimum Gasteiger partial charge on any atom is -0.465 e. The van der Waals surface area contributed by atoms with Crippen LogP contribution in [0.15, 0.2) is 109 Å². The summed E-state index contributed by atoms with van der Waals surface area (Å²) in [4.78, 5) is 9.42. The van der Waals surface area contributed by atoms with Crippen molar-refractivity contribution in [3.63, 3.8) is 0 Å². The van der Waals surface area contributed by atoms with Crippen molar-refractivity contribution in [1.29, 1.82) is 0 Å². The van der Waals surface area contributed by atoms with E-state index in [2.05, 4.69) is 122 Å². The van der Waals surface area contributed by atoms with Crippen molar-refractivity contribution in [3.8, 4) is 11.4 Å². The number of nitrogens with zero attached hydrogens (tertiary/aromatic N) is 6. The van der Waals surface area contributed by atoms with Crippen LogP contribution in [0.2, 0.25) is 0 Å². The summed E-state index contributed by atoms with van der Waals surface area (Å²) in [5.41, 5.74) is 4.50. The number of pyridine rings is 2. The topological polar surface area (TPSA) is 63.8 Å². The Bertz CT molecular complexity index is 1610. The Morgan fingerprint density at radius 2 is 0.867 bits per heavy atom. The van der Waals surface area contributed by atoms with Crippen LogP contribution in [0.4, 0.5) is 11.6 Å². The monoisotopic (exact) mass is 766 g/mol. The molecule has 45 heavy (non-hydrogen) atoms. The van der Waals surface area contributed by atoms with Crippen molar-refractivity contribution in [1.82, 2.24) is 19.1 Å². The van der Waals surface area contributed by atoms with Crippen molar-refractivity contribution in [2.24, 2.45) is 10.8 Å². The van der Waals surface area contributed by atoms with Gasteiger partial charge in [0.25, 0.3) is 0 Å². The van der Waals surface area contributed by atoms with Crippen molar-refractivity contribution >= 4 is 33.7 Å². The van der Waals surface area contributed by atoms with Gasteiger partial charge in [-0.1, -0.05) is 114 Å². The number of para-hydroxylation sites is 2. The molecule has 6 aromatic rings. The van der Waals surface area contributed by atoms with Gasteiger partial charge in [-0.25, -0.2) is 0 Å². The van der Waals surface area contributed by atoms with Crippen LogP contribution in [0.1, 0.15) is 41.5 Å². The Kier molecular flexibility index (Phi) is 13.3. The number of hydrogen-bond donors (Lipinski definition) is 0. The molecule has 4 heterocycles. The second-order valence-corrected chi connectivity index (χ2v) is 13.0. The first kappa shape index (κ1) is 37.5. The van der Waals surface area contributed by atoms with Gasteiger partial charge >= 0.3 is 25.8 Å². The fraction of sp³-hybridized carbons (Fsp3) is 0.263. The maximum absolute atomic E-state index is 4.71. The van der Waals surface area contributed by atoms with Crippen LogP contribution >= 0.6 is 0 Å². The second kappa shape index (κ2) is 16.0. The number of hydrogen-bond acceptors (Lipinski definition) is 2. The zero-order valence-electron chi connectivity index (χ0n) is 28.0. The second-order valence-electron chi connectivity index (χ2n) is 13.0. The van der Waals surface area contributed by atoms with Gasteiger partial charge in [-0.15, -0.1) is 0 Å². The first-order chi connectivity index (χ1) is 20.1. The molecule has 0 saturated heterocycles. The van der Waals surface area contributed by atoms with E-state index in [1.54, 1.807) is 0 Å². The zero-order chi connectivity index (χ0) is 29.7. The van der Waals surface area contributed by atoms with Crippen LogP contribution in [-0.4, -0.2) is 32.2 Å². The first-order valence-electron chi connectivity index (χ1n) is 14.5. The van der Waals surface area contributed by atoms with Gasteiger partial charge in [0, 0.05) is 35.1 Å². The minimum absolute atomic E-state index is 0.